The van der Waals surface area contributed by atoms with Gasteiger partial charge in [-0.25, -0.2) is 4.39 Å². The minimum Gasteiger partial charge on any atom is -0.468 e. The highest BCUT2D eigenvalue weighted by Crippen LogP contribution is 2.25. The van der Waals surface area contributed by atoms with Crippen molar-refractivity contribution >= 4 is 5.97 Å². The van der Waals surface area contributed by atoms with Gasteiger partial charge in [-0.05, 0) is 0 Å². The van der Waals surface area contributed by atoms with Gasteiger partial charge in [0.05, 0.1) is 7.11 Å². The maximum Gasteiger partial charge on any atom is 0.323 e. The molecule has 0 aromatic carbocycles. The molecule has 2 aliphatic rings. The Morgan fingerprint density at radius 2 is 2.29 bits per heavy atom. The van der Waals surface area contributed by atoms with E-state index in [0.29, 0.717) is 12.6 Å². The second-order valence-electron chi connectivity index (χ2n) is 3.88. The maximum atomic E-state index is 13.2. The first-order valence-corrected chi connectivity index (χ1v) is 4.90. The SMILES string of the molecule is COC(=O)C1CC(F)CN1C1CNC1. The zero-order valence-electron chi connectivity index (χ0n) is 8.20. The third kappa shape index (κ3) is 1.62. The van der Waals surface area contributed by atoms with E-state index in [9.17, 15) is 9.18 Å². The summed E-state index contributed by atoms with van der Waals surface area (Å²) in [6, 6.07) is -0.0676. The molecule has 0 radical (unpaired) electrons. The fraction of sp³-hybridized carbons (Fsp3) is 0.889. The molecule has 0 aromatic heterocycles. The molecule has 2 rings (SSSR count). The van der Waals surface area contributed by atoms with Crippen molar-refractivity contribution in [3.05, 3.63) is 0 Å². The van der Waals surface area contributed by atoms with E-state index in [0.717, 1.165) is 13.1 Å². The molecular weight excluding hydrogens is 187 g/mol. The Morgan fingerprint density at radius 1 is 1.57 bits per heavy atom. The number of hydrogen-bond donors (Lipinski definition) is 1. The van der Waals surface area contributed by atoms with E-state index >= 15 is 0 Å². The van der Waals surface area contributed by atoms with Gasteiger partial charge >= 0.3 is 5.97 Å². The van der Waals surface area contributed by atoms with Crippen LogP contribution in [0.4, 0.5) is 4.39 Å². The summed E-state index contributed by atoms with van der Waals surface area (Å²) in [5.74, 6) is -0.308. The standard InChI is InChI=1S/C9H15FN2O2/c1-14-9(13)8-2-6(10)5-12(8)7-3-11-4-7/h6-8,11H,2-5H2,1H3. The molecule has 80 valence electrons. The van der Waals surface area contributed by atoms with E-state index in [2.05, 4.69) is 10.1 Å². The van der Waals surface area contributed by atoms with E-state index < -0.39 is 6.17 Å². The Balaban J connectivity index is 2.01. The first kappa shape index (κ1) is 9.86. The predicted molar refractivity (Wildman–Crippen MR) is 48.7 cm³/mol. The fourth-order valence-electron chi connectivity index (χ4n) is 2.09. The molecule has 4 nitrogen and oxygen atoms in total. The molecule has 0 aliphatic carbocycles. The van der Waals surface area contributed by atoms with Crippen LogP contribution >= 0.6 is 0 Å². The molecule has 2 saturated heterocycles. The summed E-state index contributed by atoms with van der Waals surface area (Å²) in [6.07, 6.45) is -0.608. The molecule has 5 heteroatoms. The van der Waals surface area contributed by atoms with Crippen LogP contribution in [-0.2, 0) is 9.53 Å². The van der Waals surface area contributed by atoms with Gasteiger partial charge in [-0.3, -0.25) is 9.69 Å². The third-order valence-electron chi connectivity index (χ3n) is 2.99. The highest BCUT2D eigenvalue weighted by molar-refractivity contribution is 5.76. The van der Waals surface area contributed by atoms with E-state index in [1.54, 1.807) is 0 Å². The van der Waals surface area contributed by atoms with Crippen molar-refractivity contribution in [1.29, 1.82) is 0 Å². The van der Waals surface area contributed by atoms with Crippen molar-refractivity contribution in [1.82, 2.24) is 10.2 Å². The predicted octanol–water partition coefficient (Wildman–Crippen LogP) is -0.456. The summed E-state index contributed by atoms with van der Waals surface area (Å²) in [5.41, 5.74) is 0. The first-order chi connectivity index (χ1) is 6.72. The number of likely N-dealkylation sites (tertiary alicyclic amines) is 1. The second-order valence-corrected chi connectivity index (χ2v) is 3.88. The average molecular weight is 202 g/mol. The number of nitrogens with zero attached hydrogens (tertiary/aromatic N) is 1. The number of rotatable bonds is 2. The monoisotopic (exact) mass is 202 g/mol. The summed E-state index contributed by atoms with van der Waals surface area (Å²) < 4.78 is 17.8. The molecule has 2 heterocycles. The van der Waals surface area contributed by atoms with Gasteiger partial charge in [-0.15, -0.1) is 0 Å². The van der Waals surface area contributed by atoms with Crippen LogP contribution in [0.2, 0.25) is 0 Å². The van der Waals surface area contributed by atoms with Crippen LogP contribution in [0.15, 0.2) is 0 Å². The molecule has 0 saturated carbocycles. The Bertz CT molecular complexity index is 233. The largest absolute Gasteiger partial charge is 0.468 e. The van der Waals surface area contributed by atoms with Crippen molar-refractivity contribution in [2.75, 3.05) is 26.7 Å². The molecule has 2 atom stereocenters. The Labute approximate surface area is 82.4 Å². The quantitative estimate of drug-likeness (QED) is 0.615. The van der Waals surface area contributed by atoms with Crippen LogP contribution in [0.3, 0.4) is 0 Å². The van der Waals surface area contributed by atoms with Crippen molar-refractivity contribution in [2.45, 2.75) is 24.7 Å². The Hall–Kier alpha value is -0.680. The summed E-state index contributed by atoms with van der Waals surface area (Å²) in [4.78, 5) is 13.3. The molecular formula is C9H15FN2O2. The maximum absolute atomic E-state index is 13.2. The van der Waals surface area contributed by atoms with Gasteiger partial charge in [0.15, 0.2) is 0 Å². The number of alkyl halides is 1. The number of ether oxygens (including phenoxy) is 1. The number of hydrogen-bond acceptors (Lipinski definition) is 4. The lowest BCUT2D eigenvalue weighted by molar-refractivity contribution is -0.147. The molecule has 2 fully saturated rings. The fourth-order valence-corrected chi connectivity index (χ4v) is 2.09. The van der Waals surface area contributed by atoms with E-state index in [-0.39, 0.29) is 18.4 Å². The van der Waals surface area contributed by atoms with Crippen molar-refractivity contribution in [3.63, 3.8) is 0 Å². The topological polar surface area (TPSA) is 41.6 Å². The Morgan fingerprint density at radius 3 is 2.79 bits per heavy atom. The summed E-state index contributed by atoms with van der Waals surface area (Å²) in [5, 5.41) is 3.11. The highest BCUT2D eigenvalue weighted by Gasteiger charge is 2.42. The van der Waals surface area contributed by atoms with Gasteiger partial charge in [-0.1, -0.05) is 0 Å². The van der Waals surface area contributed by atoms with Gasteiger partial charge in [0.2, 0.25) is 0 Å². The molecule has 2 aliphatic heterocycles. The van der Waals surface area contributed by atoms with Crippen LogP contribution in [0.5, 0.6) is 0 Å². The van der Waals surface area contributed by atoms with Gasteiger partial charge in [0, 0.05) is 32.1 Å². The van der Waals surface area contributed by atoms with Crippen LogP contribution in [0.25, 0.3) is 0 Å². The number of methoxy groups -OCH3 is 1. The summed E-state index contributed by atoms with van der Waals surface area (Å²) in [6.45, 7) is 2.06. The van der Waals surface area contributed by atoms with Gasteiger partial charge in [0.25, 0.3) is 0 Å². The number of halogens is 1. The summed E-state index contributed by atoms with van der Waals surface area (Å²) >= 11 is 0. The third-order valence-corrected chi connectivity index (χ3v) is 2.99. The molecule has 0 amide bonds. The lowest BCUT2D eigenvalue weighted by atomic mass is 10.1. The summed E-state index contributed by atoms with van der Waals surface area (Å²) in [7, 11) is 1.35. The highest BCUT2D eigenvalue weighted by atomic mass is 19.1. The number of esters is 1. The van der Waals surface area contributed by atoms with Gasteiger partial charge in [0.1, 0.15) is 12.2 Å². The smallest absolute Gasteiger partial charge is 0.323 e. The minimum atomic E-state index is -0.889. The van der Waals surface area contributed by atoms with E-state index in [4.69, 9.17) is 0 Å². The van der Waals surface area contributed by atoms with Crippen molar-refractivity contribution < 1.29 is 13.9 Å². The molecule has 2 unspecified atom stereocenters. The molecule has 14 heavy (non-hydrogen) atoms. The minimum absolute atomic E-state index is 0.281. The van der Waals surface area contributed by atoms with Crippen molar-refractivity contribution in [3.8, 4) is 0 Å². The molecule has 0 bridgehead atoms. The van der Waals surface area contributed by atoms with Crippen LogP contribution < -0.4 is 5.32 Å². The average Bonchev–Trinajstić information content (AvgIpc) is 2.43. The van der Waals surface area contributed by atoms with Gasteiger partial charge < -0.3 is 10.1 Å². The van der Waals surface area contributed by atoms with Crippen LogP contribution in [-0.4, -0.2) is 55.9 Å². The van der Waals surface area contributed by atoms with E-state index in [1.165, 1.54) is 7.11 Å². The lowest BCUT2D eigenvalue weighted by Crippen LogP contribution is -2.59. The van der Waals surface area contributed by atoms with Crippen LogP contribution in [0, 0.1) is 0 Å². The zero-order valence-corrected chi connectivity index (χ0v) is 8.20. The lowest BCUT2D eigenvalue weighted by Gasteiger charge is -2.37. The number of carbonyl (C=O) groups excluding carboxylic acids is 1. The van der Waals surface area contributed by atoms with Crippen molar-refractivity contribution in [2.24, 2.45) is 0 Å². The first-order valence-electron chi connectivity index (χ1n) is 4.90. The zero-order chi connectivity index (χ0) is 10.1. The number of nitrogens with one attached hydrogen (secondary N) is 1. The molecule has 1 N–H and O–H groups in total. The number of carbonyl (C=O) groups is 1. The van der Waals surface area contributed by atoms with Crippen LogP contribution in [0.1, 0.15) is 6.42 Å². The van der Waals surface area contributed by atoms with E-state index in [1.807, 2.05) is 4.90 Å². The van der Waals surface area contributed by atoms with Gasteiger partial charge in [-0.2, -0.15) is 0 Å². The molecule has 0 aromatic rings. The normalized spacial score (nSPS) is 34.1. The molecule has 0 spiro atoms. The second kappa shape index (κ2) is 3.82. The Kier molecular flexibility index (Phi) is 2.69.